The van der Waals surface area contributed by atoms with E-state index in [4.69, 9.17) is 16.6 Å². The number of benzene rings is 1. The van der Waals surface area contributed by atoms with Crippen LogP contribution in [-0.4, -0.2) is 41.8 Å². The molecule has 3 aliphatic rings. The summed E-state index contributed by atoms with van der Waals surface area (Å²) in [5, 5.41) is 0.527. The van der Waals surface area contributed by atoms with Crippen molar-refractivity contribution in [3.05, 3.63) is 106 Å². The van der Waals surface area contributed by atoms with Gasteiger partial charge in [0.25, 0.3) is 5.56 Å². The van der Waals surface area contributed by atoms with Crippen molar-refractivity contribution in [3.8, 4) is 11.3 Å². The Morgan fingerprint density at radius 3 is 2.69 bits per heavy atom. The van der Waals surface area contributed by atoms with Crippen molar-refractivity contribution in [1.29, 1.82) is 0 Å². The fourth-order valence-corrected chi connectivity index (χ4v) is 4.69. The first-order valence-corrected chi connectivity index (χ1v) is 12.7. The van der Waals surface area contributed by atoms with Gasteiger partial charge in [-0.25, -0.2) is 0 Å². The van der Waals surface area contributed by atoms with E-state index in [2.05, 4.69) is 59.5 Å². The number of allylic oxidation sites excluding steroid dienone is 5. The molecule has 5 nitrogen and oxygen atoms in total. The van der Waals surface area contributed by atoms with Gasteiger partial charge >= 0.3 is 0 Å². The summed E-state index contributed by atoms with van der Waals surface area (Å²) >= 11 is 5.83. The van der Waals surface area contributed by atoms with E-state index in [9.17, 15) is 4.79 Å². The standard InChI is InChI=1S/C30H33ClN4O/c1-21-14-15-25(35-17-9-16-34(18-19-35)23(3)11-8-10-22(2)31)20-28(21)32-24(4)29-26-12-6-5-7-13-27(26)33-30(29)36/h5-8,10-15,20H,2,9,16-19H2,1,3-4H3,(H,33,36)/b10-8-,23-11+,32-24+. The fraction of sp³-hybridized carbons (Fsp3) is 0.267. The number of aromatic nitrogens is 1. The smallest absolute Gasteiger partial charge is 0.258 e. The number of halogens is 1. The predicted octanol–water partition coefficient (Wildman–Crippen LogP) is 6.65. The molecular weight excluding hydrogens is 468 g/mol. The molecule has 0 atom stereocenters. The molecule has 1 N–H and O–H groups in total. The lowest BCUT2D eigenvalue weighted by Crippen LogP contribution is -2.29. The zero-order valence-corrected chi connectivity index (χ0v) is 22.0. The van der Waals surface area contributed by atoms with Crippen molar-refractivity contribution < 1.29 is 0 Å². The van der Waals surface area contributed by atoms with Crippen LogP contribution in [0.15, 0.2) is 93.9 Å². The van der Waals surface area contributed by atoms with Crippen LogP contribution in [-0.2, 0) is 0 Å². The van der Waals surface area contributed by atoms with Gasteiger partial charge in [-0.05, 0) is 63.1 Å². The molecule has 0 unspecified atom stereocenters. The van der Waals surface area contributed by atoms with Crippen molar-refractivity contribution in [1.82, 2.24) is 9.88 Å². The summed E-state index contributed by atoms with van der Waals surface area (Å²) in [5.41, 5.74) is 7.30. The van der Waals surface area contributed by atoms with Crippen LogP contribution < -0.4 is 10.5 Å². The zero-order chi connectivity index (χ0) is 25.7. The number of nitrogens with one attached hydrogen (secondary N) is 1. The number of aryl methyl sites for hydroxylation is 1. The van der Waals surface area contributed by atoms with Gasteiger partial charge in [-0.3, -0.25) is 9.79 Å². The maximum atomic E-state index is 12.7. The lowest BCUT2D eigenvalue weighted by molar-refractivity contribution is 0.370. The minimum absolute atomic E-state index is 0.104. The van der Waals surface area contributed by atoms with Gasteiger partial charge in [0.05, 0.1) is 17.0 Å². The van der Waals surface area contributed by atoms with Crippen LogP contribution in [0.25, 0.3) is 11.3 Å². The number of anilines is 1. The minimum Gasteiger partial charge on any atom is -0.373 e. The summed E-state index contributed by atoms with van der Waals surface area (Å²) in [6, 6.07) is 16.1. The van der Waals surface area contributed by atoms with Gasteiger partial charge in [0, 0.05) is 53.9 Å². The molecule has 36 heavy (non-hydrogen) atoms. The van der Waals surface area contributed by atoms with E-state index >= 15 is 0 Å². The summed E-state index contributed by atoms with van der Waals surface area (Å²) in [6.45, 7) is 13.6. The van der Waals surface area contributed by atoms with Crippen LogP contribution in [0.4, 0.5) is 11.4 Å². The zero-order valence-electron chi connectivity index (χ0n) is 21.2. The molecule has 1 saturated heterocycles. The van der Waals surface area contributed by atoms with E-state index < -0.39 is 0 Å². The van der Waals surface area contributed by atoms with E-state index in [1.165, 1.54) is 5.70 Å². The Bertz CT molecular complexity index is 1370. The monoisotopic (exact) mass is 500 g/mol. The molecule has 0 radical (unpaired) electrons. The van der Waals surface area contributed by atoms with Crippen molar-refractivity contribution in [3.63, 3.8) is 0 Å². The molecule has 0 saturated carbocycles. The highest BCUT2D eigenvalue weighted by molar-refractivity contribution is 6.30. The first-order valence-electron chi connectivity index (χ1n) is 12.3. The van der Waals surface area contributed by atoms with E-state index in [0.29, 0.717) is 16.3 Å². The third-order valence-electron chi connectivity index (χ3n) is 6.60. The average molecular weight is 501 g/mol. The first kappa shape index (κ1) is 25.5. The van der Waals surface area contributed by atoms with Crippen molar-refractivity contribution >= 4 is 28.7 Å². The molecule has 2 heterocycles. The van der Waals surface area contributed by atoms with E-state index in [0.717, 1.165) is 60.8 Å². The summed E-state index contributed by atoms with van der Waals surface area (Å²) in [6.07, 6.45) is 6.90. The van der Waals surface area contributed by atoms with Crippen LogP contribution in [0, 0.1) is 6.92 Å². The molecule has 0 bridgehead atoms. The highest BCUT2D eigenvalue weighted by Gasteiger charge is 2.18. The van der Waals surface area contributed by atoms with Crippen LogP contribution in [0.5, 0.6) is 0 Å². The van der Waals surface area contributed by atoms with Crippen LogP contribution in [0.2, 0.25) is 0 Å². The second kappa shape index (κ2) is 11.4. The van der Waals surface area contributed by atoms with Gasteiger partial charge in [0.15, 0.2) is 0 Å². The molecule has 1 aromatic carbocycles. The molecule has 6 heteroatoms. The number of nitrogens with zero attached hydrogens (tertiary/aromatic N) is 3. The Morgan fingerprint density at radius 2 is 1.89 bits per heavy atom. The highest BCUT2D eigenvalue weighted by atomic mass is 35.5. The molecule has 1 aliphatic carbocycles. The van der Waals surface area contributed by atoms with Gasteiger partial charge in [0.2, 0.25) is 0 Å². The third-order valence-corrected chi connectivity index (χ3v) is 6.73. The quantitative estimate of drug-likeness (QED) is 0.304. The largest absolute Gasteiger partial charge is 0.373 e. The topological polar surface area (TPSA) is 51.7 Å². The Hall–Kier alpha value is -3.57. The van der Waals surface area contributed by atoms with Gasteiger partial charge in [0.1, 0.15) is 0 Å². The maximum Gasteiger partial charge on any atom is 0.258 e. The predicted molar refractivity (Wildman–Crippen MR) is 153 cm³/mol. The van der Waals surface area contributed by atoms with E-state index in [1.54, 1.807) is 6.08 Å². The number of hydrogen-bond acceptors (Lipinski definition) is 4. The molecule has 0 amide bonds. The Balaban J connectivity index is 1.56. The van der Waals surface area contributed by atoms with Crippen LogP contribution in [0.3, 0.4) is 0 Å². The molecule has 1 aromatic rings. The van der Waals surface area contributed by atoms with Crippen LogP contribution in [0.1, 0.15) is 31.4 Å². The molecule has 2 aliphatic heterocycles. The Kier molecular flexibility index (Phi) is 8.11. The SMILES string of the molecule is C=C(Cl)/C=C\C=C(/C)N1CCCN(c2ccc(C)c(/N=C(\C)c3c4cccccc-4[nH]c3=O)c2)CC1. The Labute approximate surface area is 218 Å². The van der Waals surface area contributed by atoms with E-state index in [1.807, 2.05) is 43.3 Å². The first-order chi connectivity index (χ1) is 17.3. The molecular formula is C30H33ClN4O. The highest BCUT2D eigenvalue weighted by Crippen LogP contribution is 2.29. The van der Waals surface area contributed by atoms with Crippen molar-refractivity contribution in [2.75, 3.05) is 31.1 Å². The number of H-pyrrole nitrogens is 1. The van der Waals surface area contributed by atoms with Crippen molar-refractivity contribution in [2.24, 2.45) is 4.99 Å². The summed E-state index contributed by atoms with van der Waals surface area (Å²) in [4.78, 5) is 25.4. The summed E-state index contributed by atoms with van der Waals surface area (Å²) in [5.74, 6) is 0. The summed E-state index contributed by atoms with van der Waals surface area (Å²) < 4.78 is 0. The summed E-state index contributed by atoms with van der Waals surface area (Å²) in [7, 11) is 0. The maximum absolute atomic E-state index is 12.7. The molecule has 186 valence electrons. The fourth-order valence-electron chi connectivity index (χ4n) is 4.62. The van der Waals surface area contributed by atoms with Crippen LogP contribution >= 0.6 is 11.6 Å². The van der Waals surface area contributed by atoms with Gasteiger partial charge < -0.3 is 14.8 Å². The van der Waals surface area contributed by atoms with Gasteiger partial charge in [-0.15, -0.1) is 0 Å². The van der Waals surface area contributed by atoms with Gasteiger partial charge in [-0.2, -0.15) is 0 Å². The lowest BCUT2D eigenvalue weighted by atomic mass is 10.1. The molecule has 0 spiro atoms. The number of aliphatic imine (C=N–C) groups is 1. The number of fused-ring (bicyclic) bond motifs is 1. The van der Waals surface area contributed by atoms with Gasteiger partial charge in [-0.1, -0.05) is 54.6 Å². The molecule has 0 aromatic heterocycles. The van der Waals surface area contributed by atoms with E-state index in [-0.39, 0.29) is 5.56 Å². The lowest BCUT2D eigenvalue weighted by Gasteiger charge is -2.25. The third kappa shape index (κ3) is 5.97. The second-order valence-corrected chi connectivity index (χ2v) is 9.66. The number of rotatable bonds is 6. The normalized spacial score (nSPS) is 15.6. The average Bonchev–Trinajstić information content (AvgIpc) is 3.03. The molecule has 4 rings (SSSR count). The van der Waals surface area contributed by atoms with Crippen molar-refractivity contribution in [2.45, 2.75) is 27.2 Å². The minimum atomic E-state index is -0.104. The Morgan fingerprint density at radius 1 is 1.08 bits per heavy atom. The number of hydrogen-bond donors (Lipinski definition) is 1. The second-order valence-electron chi connectivity index (χ2n) is 9.18. The molecule has 1 fully saturated rings. The number of aromatic amines is 1.